The van der Waals surface area contributed by atoms with Crippen LogP contribution in [0, 0.1) is 5.82 Å². The zero-order valence-corrected chi connectivity index (χ0v) is 12.5. The van der Waals surface area contributed by atoms with Crippen LogP contribution in [0.15, 0.2) is 53.4 Å². The van der Waals surface area contributed by atoms with Crippen molar-refractivity contribution in [3.05, 3.63) is 59.9 Å². The molecule has 0 fully saturated rings. The number of rotatable bonds is 5. The van der Waals surface area contributed by atoms with Crippen LogP contribution >= 0.6 is 0 Å². The van der Waals surface area contributed by atoms with E-state index in [9.17, 15) is 12.8 Å². The Morgan fingerprint density at radius 1 is 1.14 bits per heavy atom. The van der Waals surface area contributed by atoms with Gasteiger partial charge in [0.1, 0.15) is 16.5 Å². The van der Waals surface area contributed by atoms with Crippen molar-refractivity contribution >= 4 is 10.0 Å². The molecule has 1 N–H and O–H groups in total. The lowest BCUT2D eigenvalue weighted by Crippen LogP contribution is -2.27. The summed E-state index contributed by atoms with van der Waals surface area (Å²) in [5.41, 5.74) is 0.816. The van der Waals surface area contributed by atoms with Crippen molar-refractivity contribution in [2.24, 2.45) is 0 Å². The van der Waals surface area contributed by atoms with E-state index in [0.29, 0.717) is 0 Å². The number of sulfonamides is 1. The molecule has 2 aromatic rings. The summed E-state index contributed by atoms with van der Waals surface area (Å²) < 4.78 is 45.6. The Balaban J connectivity index is 2.33. The molecule has 0 aromatic heterocycles. The first kappa shape index (κ1) is 15.5. The number of methoxy groups -OCH3 is 1. The second-order valence-corrected chi connectivity index (χ2v) is 6.23. The van der Waals surface area contributed by atoms with Crippen LogP contribution in [-0.4, -0.2) is 15.5 Å². The van der Waals surface area contributed by atoms with Crippen molar-refractivity contribution in [3.63, 3.8) is 0 Å². The fourth-order valence-electron chi connectivity index (χ4n) is 1.97. The predicted octanol–water partition coefficient (Wildman–Crippen LogP) is 2.87. The van der Waals surface area contributed by atoms with Gasteiger partial charge in [0.05, 0.1) is 7.11 Å². The normalized spacial score (nSPS) is 12.9. The van der Waals surface area contributed by atoms with Crippen LogP contribution in [-0.2, 0) is 10.0 Å². The van der Waals surface area contributed by atoms with Gasteiger partial charge in [0.25, 0.3) is 0 Å². The molecule has 0 aliphatic rings. The number of halogens is 1. The minimum absolute atomic E-state index is 0.101. The van der Waals surface area contributed by atoms with E-state index in [-0.39, 0.29) is 10.6 Å². The Hall–Kier alpha value is -1.92. The van der Waals surface area contributed by atoms with Gasteiger partial charge in [-0.3, -0.25) is 0 Å². The topological polar surface area (TPSA) is 55.4 Å². The van der Waals surface area contributed by atoms with Gasteiger partial charge in [0.15, 0.2) is 0 Å². The van der Waals surface area contributed by atoms with Crippen LogP contribution in [0.5, 0.6) is 5.75 Å². The third-order valence-electron chi connectivity index (χ3n) is 3.05. The minimum atomic E-state index is -3.89. The fraction of sp³-hybridized carbons (Fsp3) is 0.200. The molecule has 2 rings (SSSR count). The maximum absolute atomic E-state index is 13.3. The molecule has 0 heterocycles. The van der Waals surface area contributed by atoms with Crippen LogP contribution < -0.4 is 9.46 Å². The first-order valence-electron chi connectivity index (χ1n) is 6.35. The van der Waals surface area contributed by atoms with Crippen LogP contribution in [0.4, 0.5) is 4.39 Å². The second-order valence-electron chi connectivity index (χ2n) is 4.55. The highest BCUT2D eigenvalue weighted by molar-refractivity contribution is 7.89. The van der Waals surface area contributed by atoms with Gasteiger partial charge in [-0.2, -0.15) is 0 Å². The lowest BCUT2D eigenvalue weighted by molar-refractivity contribution is 0.400. The van der Waals surface area contributed by atoms with Crippen molar-refractivity contribution in [1.82, 2.24) is 4.72 Å². The molecule has 1 atom stereocenters. The SMILES string of the molecule is COc1ccc(F)cc1S(=O)(=O)N[C@H](C)c1ccccc1. The molecule has 0 amide bonds. The zero-order valence-electron chi connectivity index (χ0n) is 11.7. The number of benzene rings is 2. The highest BCUT2D eigenvalue weighted by Gasteiger charge is 2.23. The number of nitrogens with one attached hydrogen (secondary N) is 1. The summed E-state index contributed by atoms with van der Waals surface area (Å²) in [6.07, 6.45) is 0. The fourth-order valence-corrected chi connectivity index (χ4v) is 3.38. The molecule has 0 aliphatic heterocycles. The smallest absolute Gasteiger partial charge is 0.244 e. The van der Waals surface area contributed by atoms with Gasteiger partial charge in [-0.15, -0.1) is 0 Å². The molecule has 0 aliphatic carbocycles. The third kappa shape index (κ3) is 3.59. The third-order valence-corrected chi connectivity index (χ3v) is 4.61. The average Bonchev–Trinajstić information content (AvgIpc) is 2.47. The summed E-state index contributed by atoms with van der Waals surface area (Å²) in [5, 5.41) is 0. The molecule has 112 valence electrons. The van der Waals surface area contributed by atoms with Crippen LogP contribution in [0.2, 0.25) is 0 Å². The molecule has 2 aromatic carbocycles. The number of ether oxygens (including phenoxy) is 1. The van der Waals surface area contributed by atoms with Crippen LogP contribution in [0.1, 0.15) is 18.5 Å². The second kappa shape index (κ2) is 6.24. The number of hydrogen-bond acceptors (Lipinski definition) is 3. The van der Waals surface area contributed by atoms with Crippen molar-refractivity contribution < 1.29 is 17.5 Å². The Kier molecular flexibility index (Phi) is 4.59. The zero-order chi connectivity index (χ0) is 15.5. The lowest BCUT2D eigenvalue weighted by Gasteiger charge is -2.16. The predicted molar refractivity (Wildman–Crippen MR) is 78.1 cm³/mol. The van der Waals surface area contributed by atoms with E-state index in [1.54, 1.807) is 6.92 Å². The number of hydrogen-bond donors (Lipinski definition) is 1. The van der Waals surface area contributed by atoms with Crippen LogP contribution in [0.3, 0.4) is 0 Å². The van der Waals surface area contributed by atoms with Crippen molar-refractivity contribution in [3.8, 4) is 5.75 Å². The summed E-state index contributed by atoms with van der Waals surface area (Å²) in [6, 6.07) is 12.1. The van der Waals surface area contributed by atoms with Gasteiger partial charge in [0, 0.05) is 6.04 Å². The minimum Gasteiger partial charge on any atom is -0.495 e. The van der Waals surface area contributed by atoms with Gasteiger partial charge in [-0.05, 0) is 30.7 Å². The molecule has 21 heavy (non-hydrogen) atoms. The molecule has 0 bridgehead atoms. The van der Waals surface area contributed by atoms with E-state index in [1.165, 1.54) is 13.2 Å². The first-order valence-corrected chi connectivity index (χ1v) is 7.83. The summed E-state index contributed by atoms with van der Waals surface area (Å²) in [6.45, 7) is 1.72. The van der Waals surface area contributed by atoms with E-state index in [0.717, 1.165) is 17.7 Å². The van der Waals surface area contributed by atoms with Gasteiger partial charge in [-0.25, -0.2) is 17.5 Å². The van der Waals surface area contributed by atoms with E-state index < -0.39 is 21.9 Å². The molecule has 0 radical (unpaired) electrons. The molecule has 0 spiro atoms. The highest BCUT2D eigenvalue weighted by Crippen LogP contribution is 2.26. The Bertz CT molecular complexity index is 717. The van der Waals surface area contributed by atoms with Gasteiger partial charge >= 0.3 is 0 Å². The maximum Gasteiger partial charge on any atom is 0.244 e. The molecule has 0 saturated heterocycles. The Morgan fingerprint density at radius 2 is 1.81 bits per heavy atom. The quantitative estimate of drug-likeness (QED) is 0.924. The lowest BCUT2D eigenvalue weighted by atomic mass is 10.1. The van der Waals surface area contributed by atoms with Crippen LogP contribution in [0.25, 0.3) is 0 Å². The van der Waals surface area contributed by atoms with Crippen molar-refractivity contribution in [1.29, 1.82) is 0 Å². The Labute approximate surface area is 123 Å². The van der Waals surface area contributed by atoms with Gasteiger partial charge < -0.3 is 4.74 Å². The standard InChI is InChI=1S/C15H16FNO3S/c1-11(12-6-4-3-5-7-12)17-21(18,19)15-10-13(16)8-9-14(15)20-2/h3-11,17H,1-2H3/t11-/m1/s1. The van der Waals surface area contributed by atoms with Gasteiger partial charge in [0.2, 0.25) is 10.0 Å². The summed E-state index contributed by atoms with van der Waals surface area (Å²) >= 11 is 0. The molecule has 4 nitrogen and oxygen atoms in total. The van der Waals surface area contributed by atoms with Crippen molar-refractivity contribution in [2.75, 3.05) is 7.11 Å². The first-order chi connectivity index (χ1) is 9.94. The summed E-state index contributed by atoms with van der Waals surface area (Å²) in [4.78, 5) is -0.215. The molecule has 6 heteroatoms. The Morgan fingerprint density at radius 3 is 2.43 bits per heavy atom. The largest absolute Gasteiger partial charge is 0.495 e. The van der Waals surface area contributed by atoms with E-state index in [2.05, 4.69) is 4.72 Å². The van der Waals surface area contributed by atoms with E-state index >= 15 is 0 Å². The molecule has 0 saturated carbocycles. The molecular formula is C15H16FNO3S. The monoisotopic (exact) mass is 309 g/mol. The van der Waals surface area contributed by atoms with Crippen molar-refractivity contribution in [2.45, 2.75) is 17.9 Å². The summed E-state index contributed by atoms with van der Waals surface area (Å²) in [5.74, 6) is -0.535. The summed E-state index contributed by atoms with van der Waals surface area (Å²) in [7, 11) is -2.55. The molecular weight excluding hydrogens is 293 g/mol. The van der Waals surface area contributed by atoms with Gasteiger partial charge in [-0.1, -0.05) is 30.3 Å². The van der Waals surface area contributed by atoms with E-state index in [4.69, 9.17) is 4.74 Å². The highest BCUT2D eigenvalue weighted by atomic mass is 32.2. The average molecular weight is 309 g/mol. The maximum atomic E-state index is 13.3. The van der Waals surface area contributed by atoms with E-state index in [1.807, 2.05) is 30.3 Å². The molecule has 0 unspecified atom stereocenters.